The molecule has 0 unspecified atom stereocenters. The highest BCUT2D eigenvalue weighted by Gasteiger charge is 2.23. The van der Waals surface area contributed by atoms with Crippen LogP contribution in [0.15, 0.2) is 24.7 Å². The first-order chi connectivity index (χ1) is 13.6. The highest BCUT2D eigenvalue weighted by molar-refractivity contribution is 6.00. The van der Waals surface area contributed by atoms with Crippen LogP contribution in [-0.4, -0.2) is 53.6 Å². The van der Waals surface area contributed by atoms with Gasteiger partial charge in [0.05, 0.1) is 23.6 Å². The van der Waals surface area contributed by atoms with E-state index in [4.69, 9.17) is 5.26 Å². The van der Waals surface area contributed by atoms with Crippen LogP contribution in [0.4, 0.5) is 17.3 Å². The van der Waals surface area contributed by atoms with Crippen molar-refractivity contribution in [1.82, 2.24) is 25.6 Å². The monoisotopic (exact) mass is 380 g/mol. The summed E-state index contributed by atoms with van der Waals surface area (Å²) in [6, 6.07) is 4.14. The number of carbonyl (C=O) groups excluding carboxylic acids is 1. The van der Waals surface area contributed by atoms with E-state index in [0.29, 0.717) is 29.8 Å². The van der Waals surface area contributed by atoms with E-state index in [-0.39, 0.29) is 11.6 Å². The molecular weight excluding hydrogens is 356 g/mol. The van der Waals surface area contributed by atoms with Crippen molar-refractivity contribution in [2.75, 3.05) is 36.9 Å². The second-order valence-corrected chi connectivity index (χ2v) is 6.56. The minimum atomic E-state index is -0.143. The van der Waals surface area contributed by atoms with Crippen LogP contribution in [0.5, 0.6) is 0 Å². The average Bonchev–Trinajstić information content (AvgIpc) is 2.74. The molecule has 28 heavy (non-hydrogen) atoms. The third-order valence-electron chi connectivity index (χ3n) is 4.72. The molecule has 0 spiro atoms. The number of nitrogens with zero attached hydrogens (tertiary/aromatic N) is 5. The van der Waals surface area contributed by atoms with E-state index in [1.54, 1.807) is 6.20 Å². The normalized spacial score (nSPS) is 14.2. The van der Waals surface area contributed by atoms with Gasteiger partial charge in [-0.05, 0) is 32.9 Å². The molecule has 3 heterocycles. The van der Waals surface area contributed by atoms with Crippen molar-refractivity contribution in [2.45, 2.75) is 25.8 Å². The van der Waals surface area contributed by atoms with E-state index in [1.807, 2.05) is 26.1 Å². The first-order valence-electron chi connectivity index (χ1n) is 9.33. The lowest BCUT2D eigenvalue weighted by molar-refractivity contribution is 0.0956. The van der Waals surface area contributed by atoms with Crippen molar-refractivity contribution in [3.8, 4) is 6.07 Å². The smallest absolute Gasteiger partial charge is 0.254 e. The number of pyridine rings is 1. The molecule has 1 fully saturated rings. The van der Waals surface area contributed by atoms with Crippen molar-refractivity contribution < 1.29 is 4.79 Å². The second-order valence-electron chi connectivity index (χ2n) is 6.56. The largest absolute Gasteiger partial charge is 0.371 e. The second kappa shape index (κ2) is 9.10. The van der Waals surface area contributed by atoms with Crippen molar-refractivity contribution in [2.24, 2.45) is 0 Å². The maximum atomic E-state index is 12.5. The molecule has 146 valence electrons. The Labute approximate surface area is 164 Å². The summed E-state index contributed by atoms with van der Waals surface area (Å²) in [4.78, 5) is 27.2. The van der Waals surface area contributed by atoms with Crippen LogP contribution in [0.1, 0.15) is 35.8 Å². The molecule has 1 aliphatic heterocycles. The molecule has 2 aromatic heterocycles. The summed E-state index contributed by atoms with van der Waals surface area (Å²) in [6.07, 6.45) is 6.48. The summed E-state index contributed by atoms with van der Waals surface area (Å²) in [5.41, 5.74) is 1.60. The lowest BCUT2D eigenvalue weighted by Gasteiger charge is -2.34. The topological polar surface area (TPSA) is 119 Å². The third-order valence-corrected chi connectivity index (χ3v) is 4.72. The molecule has 3 rings (SSSR count). The van der Waals surface area contributed by atoms with Crippen LogP contribution in [0.3, 0.4) is 0 Å². The number of carbonyl (C=O) groups is 1. The van der Waals surface area contributed by atoms with E-state index in [2.05, 4.69) is 35.8 Å². The Morgan fingerprint density at radius 1 is 1.25 bits per heavy atom. The zero-order valence-electron chi connectivity index (χ0n) is 16.1. The molecule has 0 bridgehead atoms. The summed E-state index contributed by atoms with van der Waals surface area (Å²) in [5, 5.41) is 18.1. The number of nitrogens with one attached hydrogen (secondary N) is 3. The summed E-state index contributed by atoms with van der Waals surface area (Å²) >= 11 is 0. The number of hydrogen-bond acceptors (Lipinski definition) is 8. The minimum Gasteiger partial charge on any atom is -0.371 e. The lowest BCUT2D eigenvalue weighted by atomic mass is 10.0. The molecule has 1 saturated heterocycles. The number of hydrogen-bond donors (Lipinski definition) is 3. The summed E-state index contributed by atoms with van der Waals surface area (Å²) < 4.78 is 0. The zero-order valence-corrected chi connectivity index (χ0v) is 16.1. The Morgan fingerprint density at radius 3 is 2.64 bits per heavy atom. The Hall–Kier alpha value is -3.25. The maximum absolute atomic E-state index is 12.5. The lowest BCUT2D eigenvalue weighted by Crippen LogP contribution is -2.42. The molecule has 0 radical (unpaired) electrons. The van der Waals surface area contributed by atoms with Crippen molar-refractivity contribution in [3.63, 3.8) is 0 Å². The number of piperidine rings is 1. The first-order valence-corrected chi connectivity index (χ1v) is 9.33. The van der Waals surface area contributed by atoms with Gasteiger partial charge in [0.25, 0.3) is 5.91 Å². The summed E-state index contributed by atoms with van der Waals surface area (Å²) in [6.45, 7) is 4.36. The predicted octanol–water partition coefficient (Wildman–Crippen LogP) is 1.42. The molecule has 1 aliphatic rings. The summed E-state index contributed by atoms with van der Waals surface area (Å²) in [5.74, 6) is 0.895. The molecule has 9 heteroatoms. The van der Waals surface area contributed by atoms with E-state index in [9.17, 15) is 4.79 Å². The maximum Gasteiger partial charge on any atom is 0.254 e. The van der Waals surface area contributed by atoms with Crippen LogP contribution < -0.4 is 20.9 Å². The van der Waals surface area contributed by atoms with E-state index in [0.717, 1.165) is 31.6 Å². The quantitative estimate of drug-likeness (QED) is 0.688. The Balaban J connectivity index is 1.89. The summed E-state index contributed by atoms with van der Waals surface area (Å²) in [7, 11) is 2.01. The molecule has 3 N–H and O–H groups in total. The van der Waals surface area contributed by atoms with E-state index in [1.165, 1.54) is 12.4 Å². The van der Waals surface area contributed by atoms with Gasteiger partial charge in [0.15, 0.2) is 5.69 Å². The van der Waals surface area contributed by atoms with Crippen LogP contribution >= 0.6 is 0 Å². The van der Waals surface area contributed by atoms with Gasteiger partial charge in [0.2, 0.25) is 0 Å². The van der Waals surface area contributed by atoms with Crippen LogP contribution in [0.2, 0.25) is 0 Å². The van der Waals surface area contributed by atoms with Gasteiger partial charge in [0.1, 0.15) is 17.7 Å². The van der Waals surface area contributed by atoms with Crippen molar-refractivity contribution >= 4 is 23.2 Å². The number of aromatic nitrogens is 3. The number of rotatable bonds is 6. The van der Waals surface area contributed by atoms with Gasteiger partial charge in [-0.3, -0.25) is 4.79 Å². The zero-order chi connectivity index (χ0) is 19.9. The van der Waals surface area contributed by atoms with Gasteiger partial charge in [-0.1, -0.05) is 0 Å². The highest BCUT2D eigenvalue weighted by atomic mass is 16.1. The molecule has 0 atom stereocenters. The predicted molar refractivity (Wildman–Crippen MR) is 107 cm³/mol. The van der Waals surface area contributed by atoms with E-state index >= 15 is 0 Å². The Bertz CT molecular complexity index is 855. The number of nitriles is 1. The van der Waals surface area contributed by atoms with Gasteiger partial charge in [-0.15, -0.1) is 0 Å². The fourth-order valence-electron chi connectivity index (χ4n) is 3.21. The first kappa shape index (κ1) is 19.5. The molecule has 2 aromatic rings. The fraction of sp³-hybridized carbons (Fsp3) is 0.421. The van der Waals surface area contributed by atoms with Gasteiger partial charge in [-0.25, -0.2) is 15.0 Å². The van der Waals surface area contributed by atoms with Gasteiger partial charge in [-0.2, -0.15) is 5.26 Å². The molecule has 9 nitrogen and oxygen atoms in total. The van der Waals surface area contributed by atoms with Gasteiger partial charge in [0, 0.05) is 31.9 Å². The standard InChI is InChI=1S/C19H24N8O/c1-3-22-19(28)15-11-25-17(26-18-12-23-13(9-20)10-24-18)8-16(15)27(2)14-4-6-21-7-5-14/h8,10-12,14,21H,3-7H2,1-2H3,(H,22,28)(H,24,25,26). The van der Waals surface area contributed by atoms with Crippen molar-refractivity contribution in [3.05, 3.63) is 35.9 Å². The number of amides is 1. The SMILES string of the molecule is CCNC(=O)c1cnc(Nc2cnc(C#N)cn2)cc1N(C)C1CCNCC1. The number of anilines is 3. The Morgan fingerprint density at radius 2 is 2.00 bits per heavy atom. The van der Waals surface area contributed by atoms with Crippen molar-refractivity contribution in [1.29, 1.82) is 5.26 Å². The molecule has 0 aromatic carbocycles. The van der Waals surface area contributed by atoms with E-state index < -0.39 is 0 Å². The van der Waals surface area contributed by atoms with Crippen LogP contribution in [-0.2, 0) is 0 Å². The molecular formula is C19H24N8O. The van der Waals surface area contributed by atoms with Crippen LogP contribution in [0.25, 0.3) is 0 Å². The molecule has 1 amide bonds. The minimum absolute atomic E-state index is 0.143. The molecule has 0 aliphatic carbocycles. The Kier molecular flexibility index (Phi) is 6.34. The third kappa shape index (κ3) is 4.53. The van der Waals surface area contributed by atoms with Gasteiger partial charge >= 0.3 is 0 Å². The van der Waals surface area contributed by atoms with Crippen LogP contribution in [0, 0.1) is 11.3 Å². The highest BCUT2D eigenvalue weighted by Crippen LogP contribution is 2.27. The molecule has 0 saturated carbocycles. The average molecular weight is 380 g/mol. The fourth-order valence-corrected chi connectivity index (χ4v) is 3.21. The van der Waals surface area contributed by atoms with Gasteiger partial charge < -0.3 is 20.9 Å².